The normalized spacial score (nSPS) is 17.8. The van der Waals surface area contributed by atoms with E-state index < -0.39 is 0 Å². The number of rotatable bonds is 6. The Labute approximate surface area is 144 Å². The van der Waals surface area contributed by atoms with Crippen molar-refractivity contribution in [1.29, 1.82) is 0 Å². The molecule has 1 aliphatic carbocycles. The molecule has 1 fully saturated rings. The van der Waals surface area contributed by atoms with Crippen LogP contribution in [-0.2, 0) is 19.4 Å². The summed E-state index contributed by atoms with van der Waals surface area (Å²) in [5.41, 5.74) is 4.49. The fourth-order valence-corrected chi connectivity index (χ4v) is 3.82. The SMILES string of the molecule is COc1ccc2c(c1)c(CC(C)NCC1CC1)c1n2CCC1.Cl. The summed E-state index contributed by atoms with van der Waals surface area (Å²) >= 11 is 0. The van der Waals surface area contributed by atoms with Gasteiger partial charge in [-0.3, -0.25) is 0 Å². The van der Waals surface area contributed by atoms with Crippen LogP contribution in [0.15, 0.2) is 18.2 Å². The van der Waals surface area contributed by atoms with Crippen LogP contribution in [0.5, 0.6) is 5.75 Å². The van der Waals surface area contributed by atoms with E-state index in [1.807, 2.05) is 0 Å². The molecular formula is C19H27ClN2O. The Morgan fingerprint density at radius 1 is 1.35 bits per heavy atom. The summed E-state index contributed by atoms with van der Waals surface area (Å²) in [6.45, 7) is 4.69. The lowest BCUT2D eigenvalue weighted by Gasteiger charge is -2.14. The summed E-state index contributed by atoms with van der Waals surface area (Å²) in [7, 11) is 1.75. The fraction of sp³-hybridized carbons (Fsp3) is 0.579. The van der Waals surface area contributed by atoms with Crippen molar-refractivity contribution in [3.63, 3.8) is 0 Å². The van der Waals surface area contributed by atoms with Crippen molar-refractivity contribution >= 4 is 23.3 Å². The van der Waals surface area contributed by atoms with Crippen LogP contribution in [0, 0.1) is 5.92 Å². The van der Waals surface area contributed by atoms with Crippen molar-refractivity contribution < 1.29 is 4.74 Å². The van der Waals surface area contributed by atoms with Gasteiger partial charge in [0.1, 0.15) is 5.75 Å². The molecule has 0 amide bonds. The molecule has 2 heterocycles. The number of hydrogen-bond acceptors (Lipinski definition) is 2. The monoisotopic (exact) mass is 334 g/mol. The van der Waals surface area contributed by atoms with E-state index in [-0.39, 0.29) is 12.4 Å². The Kier molecular flexibility index (Phi) is 4.88. The number of ether oxygens (including phenoxy) is 1. The maximum absolute atomic E-state index is 5.45. The van der Waals surface area contributed by atoms with Crippen LogP contribution < -0.4 is 10.1 Å². The molecule has 4 rings (SSSR count). The highest BCUT2D eigenvalue weighted by Gasteiger charge is 2.24. The van der Waals surface area contributed by atoms with Crippen LogP contribution in [0.3, 0.4) is 0 Å². The molecular weight excluding hydrogens is 308 g/mol. The minimum atomic E-state index is 0. The average Bonchev–Trinajstić information content (AvgIpc) is 3.17. The molecule has 1 saturated carbocycles. The molecule has 1 N–H and O–H groups in total. The van der Waals surface area contributed by atoms with Gasteiger partial charge in [-0.2, -0.15) is 0 Å². The van der Waals surface area contributed by atoms with Gasteiger partial charge in [-0.05, 0) is 75.3 Å². The molecule has 2 aromatic rings. The Balaban J connectivity index is 0.00000156. The van der Waals surface area contributed by atoms with Crippen LogP contribution in [0.4, 0.5) is 0 Å². The summed E-state index contributed by atoms with van der Waals surface area (Å²) < 4.78 is 7.97. The first kappa shape index (κ1) is 16.7. The second kappa shape index (κ2) is 6.74. The number of aromatic nitrogens is 1. The van der Waals surface area contributed by atoms with E-state index in [0.717, 1.165) is 18.1 Å². The van der Waals surface area contributed by atoms with Gasteiger partial charge in [-0.1, -0.05) is 0 Å². The number of benzene rings is 1. The molecule has 23 heavy (non-hydrogen) atoms. The summed E-state index contributed by atoms with van der Waals surface area (Å²) in [4.78, 5) is 0. The molecule has 0 spiro atoms. The molecule has 1 unspecified atom stereocenters. The number of fused-ring (bicyclic) bond motifs is 3. The van der Waals surface area contributed by atoms with E-state index in [4.69, 9.17) is 4.74 Å². The molecule has 0 radical (unpaired) electrons. The zero-order chi connectivity index (χ0) is 15.1. The van der Waals surface area contributed by atoms with Crippen molar-refractivity contribution in [1.82, 2.24) is 9.88 Å². The van der Waals surface area contributed by atoms with E-state index in [1.165, 1.54) is 49.7 Å². The van der Waals surface area contributed by atoms with Crippen LogP contribution >= 0.6 is 12.4 Å². The molecule has 3 nitrogen and oxygen atoms in total. The minimum Gasteiger partial charge on any atom is -0.497 e. The maximum Gasteiger partial charge on any atom is 0.119 e. The third-order valence-electron chi connectivity index (χ3n) is 5.25. The smallest absolute Gasteiger partial charge is 0.119 e. The first-order valence-corrected chi connectivity index (χ1v) is 8.67. The van der Waals surface area contributed by atoms with Gasteiger partial charge in [0.05, 0.1) is 7.11 Å². The second-order valence-corrected chi connectivity index (χ2v) is 7.02. The molecule has 1 aromatic heterocycles. The summed E-state index contributed by atoms with van der Waals surface area (Å²) in [5, 5.41) is 5.12. The number of halogens is 1. The van der Waals surface area contributed by atoms with Gasteiger partial charge >= 0.3 is 0 Å². The van der Waals surface area contributed by atoms with Crippen LogP contribution in [-0.4, -0.2) is 24.3 Å². The highest BCUT2D eigenvalue weighted by atomic mass is 35.5. The third kappa shape index (κ3) is 3.22. The first-order chi connectivity index (χ1) is 10.8. The molecule has 0 saturated heterocycles. The van der Waals surface area contributed by atoms with E-state index >= 15 is 0 Å². The van der Waals surface area contributed by atoms with E-state index in [0.29, 0.717) is 6.04 Å². The van der Waals surface area contributed by atoms with Crippen molar-refractivity contribution in [2.75, 3.05) is 13.7 Å². The van der Waals surface area contributed by atoms with Gasteiger partial charge in [0, 0.05) is 29.2 Å². The fourth-order valence-electron chi connectivity index (χ4n) is 3.82. The van der Waals surface area contributed by atoms with Gasteiger partial charge in [0.2, 0.25) is 0 Å². The lowest BCUT2D eigenvalue weighted by Crippen LogP contribution is -2.30. The molecule has 4 heteroatoms. The standard InChI is InChI=1S/C19H26N2O.ClH/c1-13(20-12-14-5-6-14)10-16-17-11-15(22-2)7-8-19(17)21-9-3-4-18(16)21;/h7-8,11,13-14,20H,3-6,9-10,12H2,1-2H3;1H. The minimum absolute atomic E-state index is 0. The van der Waals surface area contributed by atoms with Crippen molar-refractivity contribution in [2.24, 2.45) is 5.92 Å². The van der Waals surface area contributed by atoms with Gasteiger partial charge in [-0.25, -0.2) is 0 Å². The molecule has 1 aromatic carbocycles. The molecule has 1 aliphatic heterocycles. The molecule has 1 atom stereocenters. The van der Waals surface area contributed by atoms with Crippen LogP contribution in [0.2, 0.25) is 0 Å². The van der Waals surface area contributed by atoms with E-state index in [1.54, 1.807) is 18.4 Å². The third-order valence-corrected chi connectivity index (χ3v) is 5.25. The molecule has 0 bridgehead atoms. The Bertz CT molecular complexity index is 690. The maximum atomic E-state index is 5.45. The Morgan fingerprint density at radius 2 is 2.17 bits per heavy atom. The predicted octanol–water partition coefficient (Wildman–Crippen LogP) is 3.95. The number of nitrogens with zero attached hydrogens (tertiary/aromatic N) is 1. The lowest BCUT2D eigenvalue weighted by atomic mass is 10.0. The van der Waals surface area contributed by atoms with Crippen LogP contribution in [0.25, 0.3) is 10.9 Å². The lowest BCUT2D eigenvalue weighted by molar-refractivity contribution is 0.415. The van der Waals surface area contributed by atoms with Crippen molar-refractivity contribution in [3.05, 3.63) is 29.5 Å². The number of hydrogen-bond donors (Lipinski definition) is 1. The average molecular weight is 335 g/mol. The van der Waals surface area contributed by atoms with Crippen molar-refractivity contribution in [2.45, 2.75) is 51.6 Å². The highest BCUT2D eigenvalue weighted by molar-refractivity contribution is 5.87. The van der Waals surface area contributed by atoms with E-state index in [9.17, 15) is 0 Å². The summed E-state index contributed by atoms with van der Waals surface area (Å²) in [5.74, 6) is 1.91. The Hall–Kier alpha value is -1.19. The predicted molar refractivity (Wildman–Crippen MR) is 98.0 cm³/mol. The van der Waals surface area contributed by atoms with Gasteiger partial charge in [-0.15, -0.1) is 12.4 Å². The van der Waals surface area contributed by atoms with Gasteiger partial charge < -0.3 is 14.6 Å². The van der Waals surface area contributed by atoms with Crippen molar-refractivity contribution in [3.8, 4) is 5.75 Å². The largest absolute Gasteiger partial charge is 0.497 e. The number of nitrogens with one attached hydrogen (secondary N) is 1. The summed E-state index contributed by atoms with van der Waals surface area (Å²) in [6, 6.07) is 7.09. The number of methoxy groups -OCH3 is 1. The van der Waals surface area contributed by atoms with Crippen LogP contribution in [0.1, 0.15) is 37.4 Å². The quantitative estimate of drug-likeness (QED) is 0.865. The summed E-state index contributed by atoms with van der Waals surface area (Å²) in [6.07, 6.45) is 6.47. The highest BCUT2D eigenvalue weighted by Crippen LogP contribution is 2.34. The molecule has 2 aliphatic rings. The second-order valence-electron chi connectivity index (χ2n) is 7.02. The topological polar surface area (TPSA) is 26.2 Å². The molecule has 126 valence electrons. The zero-order valence-electron chi connectivity index (χ0n) is 14.1. The van der Waals surface area contributed by atoms with Gasteiger partial charge in [0.15, 0.2) is 0 Å². The zero-order valence-corrected chi connectivity index (χ0v) is 14.9. The number of aryl methyl sites for hydroxylation is 1. The Morgan fingerprint density at radius 3 is 2.91 bits per heavy atom. The van der Waals surface area contributed by atoms with E-state index in [2.05, 4.69) is 35.0 Å². The first-order valence-electron chi connectivity index (χ1n) is 8.67. The van der Waals surface area contributed by atoms with Gasteiger partial charge in [0.25, 0.3) is 0 Å².